The lowest BCUT2D eigenvalue weighted by atomic mass is 10.1. The first-order valence-corrected chi connectivity index (χ1v) is 14.6. The van der Waals surface area contributed by atoms with Crippen LogP contribution < -0.4 is 19.9 Å². The molecule has 0 spiro atoms. The number of rotatable bonds is 11. The van der Waals surface area contributed by atoms with Gasteiger partial charge >= 0.3 is 0 Å². The smallest absolute Gasteiger partial charge is 0.281 e. The van der Waals surface area contributed by atoms with Gasteiger partial charge in [-0.05, 0) is 61.6 Å². The van der Waals surface area contributed by atoms with Gasteiger partial charge in [0, 0.05) is 24.7 Å². The molecule has 214 valence electrons. The number of nitrogens with two attached hydrogens (primary N) is 1. The topological polar surface area (TPSA) is 143 Å². The molecule has 1 fully saturated rings. The van der Waals surface area contributed by atoms with Gasteiger partial charge in [0.25, 0.3) is 15.9 Å². The second-order valence-corrected chi connectivity index (χ2v) is 11.5. The monoisotopic (exact) mass is 572 g/mol. The van der Waals surface area contributed by atoms with Crippen LogP contribution in [-0.4, -0.2) is 50.2 Å². The minimum Gasteiger partial charge on any atom is -0.493 e. The van der Waals surface area contributed by atoms with Crippen molar-refractivity contribution in [2.24, 2.45) is 5.92 Å². The van der Waals surface area contributed by atoms with E-state index in [1.165, 1.54) is 42.5 Å². The molecule has 2 aromatic heterocycles. The zero-order valence-electron chi connectivity index (χ0n) is 22.4. The molecule has 1 saturated heterocycles. The molecule has 0 radical (unpaired) electrons. The third-order valence-electron chi connectivity index (χ3n) is 6.06. The van der Waals surface area contributed by atoms with Gasteiger partial charge in [0.2, 0.25) is 5.88 Å². The van der Waals surface area contributed by atoms with Crippen LogP contribution in [0.5, 0.6) is 11.6 Å². The maximum atomic E-state index is 14.4. The number of hydrogen-bond donors (Lipinski definition) is 2. The molecule has 1 atom stereocenters. The van der Waals surface area contributed by atoms with Gasteiger partial charge in [-0.1, -0.05) is 19.9 Å². The SMILES string of the molecule is CC(C)COc1cc(F)cc(-c2ccc(C(=O)NS(=O)(=O)c3cccc(N)n3)c(OCCC3CCCCO3)n2)c1. The Morgan fingerprint density at radius 3 is 2.70 bits per heavy atom. The summed E-state index contributed by atoms with van der Waals surface area (Å²) in [5.74, 6) is -1.01. The van der Waals surface area contributed by atoms with E-state index in [-0.39, 0.29) is 35.9 Å². The Morgan fingerprint density at radius 1 is 1.15 bits per heavy atom. The fourth-order valence-electron chi connectivity index (χ4n) is 4.07. The van der Waals surface area contributed by atoms with Crippen LogP contribution in [0.2, 0.25) is 0 Å². The van der Waals surface area contributed by atoms with Crippen LogP contribution in [0.3, 0.4) is 0 Å². The third kappa shape index (κ3) is 7.89. The van der Waals surface area contributed by atoms with Crippen molar-refractivity contribution in [3.63, 3.8) is 0 Å². The molecule has 0 aliphatic carbocycles. The first-order valence-electron chi connectivity index (χ1n) is 13.1. The standard InChI is InChI=1S/C28H33FN4O6S/c1-18(2)17-39-22-15-19(14-20(29)16-22)24-10-9-23(28(31-24)38-13-11-21-6-3-4-12-37-21)27(34)33-40(35,36)26-8-5-7-25(30)32-26/h5,7-10,14-16,18,21H,3-4,6,11-13,17H2,1-2H3,(H2,30,32)(H,33,34). The average molecular weight is 573 g/mol. The number of hydrogen-bond acceptors (Lipinski definition) is 9. The summed E-state index contributed by atoms with van der Waals surface area (Å²) in [6.45, 7) is 5.23. The zero-order chi connectivity index (χ0) is 28.7. The van der Waals surface area contributed by atoms with E-state index >= 15 is 0 Å². The van der Waals surface area contributed by atoms with Crippen molar-refractivity contribution < 1.29 is 31.8 Å². The number of sulfonamides is 1. The van der Waals surface area contributed by atoms with E-state index in [1.807, 2.05) is 18.6 Å². The van der Waals surface area contributed by atoms with Gasteiger partial charge in [-0.25, -0.2) is 19.1 Å². The summed E-state index contributed by atoms with van der Waals surface area (Å²) >= 11 is 0. The molecule has 40 heavy (non-hydrogen) atoms. The predicted molar refractivity (Wildman–Crippen MR) is 147 cm³/mol. The van der Waals surface area contributed by atoms with Crippen LogP contribution in [0.25, 0.3) is 11.3 Å². The number of anilines is 1. The summed E-state index contributed by atoms with van der Waals surface area (Å²) in [5.41, 5.74) is 6.20. The number of carbonyl (C=O) groups is 1. The van der Waals surface area contributed by atoms with E-state index in [0.29, 0.717) is 36.6 Å². The largest absolute Gasteiger partial charge is 0.493 e. The number of nitrogens with one attached hydrogen (secondary N) is 1. The van der Waals surface area contributed by atoms with Crippen molar-refractivity contribution in [3.05, 3.63) is 59.9 Å². The quantitative estimate of drug-likeness (QED) is 0.343. The Labute approximate surface area is 233 Å². The maximum absolute atomic E-state index is 14.4. The van der Waals surface area contributed by atoms with Crippen molar-refractivity contribution in [3.8, 4) is 22.9 Å². The van der Waals surface area contributed by atoms with E-state index in [2.05, 4.69) is 9.97 Å². The van der Waals surface area contributed by atoms with E-state index in [0.717, 1.165) is 19.3 Å². The van der Waals surface area contributed by atoms with Gasteiger partial charge in [-0.3, -0.25) is 4.79 Å². The highest BCUT2D eigenvalue weighted by Crippen LogP contribution is 2.28. The van der Waals surface area contributed by atoms with E-state index < -0.39 is 26.8 Å². The first kappa shape index (κ1) is 29.2. The number of aromatic nitrogens is 2. The second kappa shape index (κ2) is 13.1. The average Bonchev–Trinajstić information content (AvgIpc) is 2.92. The third-order valence-corrected chi connectivity index (χ3v) is 7.29. The molecule has 1 aliphatic rings. The van der Waals surface area contributed by atoms with E-state index in [4.69, 9.17) is 19.9 Å². The highest BCUT2D eigenvalue weighted by molar-refractivity contribution is 7.90. The molecule has 1 unspecified atom stereocenters. The molecule has 1 aromatic carbocycles. The van der Waals surface area contributed by atoms with Crippen LogP contribution in [0, 0.1) is 11.7 Å². The lowest BCUT2D eigenvalue weighted by molar-refractivity contribution is 0.00374. The number of halogens is 1. The minimum absolute atomic E-state index is 0.0119. The Kier molecular flexibility index (Phi) is 9.54. The summed E-state index contributed by atoms with van der Waals surface area (Å²) < 4.78 is 59.3. The molecule has 0 saturated carbocycles. The molecule has 3 heterocycles. The van der Waals surface area contributed by atoms with Gasteiger partial charge in [0.05, 0.1) is 25.0 Å². The van der Waals surface area contributed by atoms with Crippen LogP contribution in [0.1, 0.15) is 49.9 Å². The lowest BCUT2D eigenvalue weighted by Gasteiger charge is -2.22. The van der Waals surface area contributed by atoms with E-state index in [1.54, 1.807) is 6.07 Å². The molecule has 10 nitrogen and oxygen atoms in total. The molecule has 1 amide bonds. The fourth-order valence-corrected chi connectivity index (χ4v) is 5.01. The molecule has 3 aromatic rings. The molecule has 3 N–H and O–H groups in total. The van der Waals surface area contributed by atoms with Gasteiger partial charge in [-0.2, -0.15) is 8.42 Å². The number of nitrogen functional groups attached to an aromatic ring is 1. The van der Waals surface area contributed by atoms with Gasteiger partial charge in [0.1, 0.15) is 22.9 Å². The van der Waals surface area contributed by atoms with E-state index in [9.17, 15) is 17.6 Å². The Balaban J connectivity index is 1.62. The zero-order valence-corrected chi connectivity index (χ0v) is 23.2. The summed E-state index contributed by atoms with van der Waals surface area (Å²) in [7, 11) is -4.33. The number of carbonyl (C=O) groups excluding carboxylic acids is 1. The molecule has 4 rings (SSSR count). The number of ether oxygens (including phenoxy) is 3. The highest BCUT2D eigenvalue weighted by Gasteiger charge is 2.24. The number of amides is 1. The Hall–Kier alpha value is -3.77. The van der Waals surface area contributed by atoms with Crippen LogP contribution in [-0.2, 0) is 14.8 Å². The summed E-state index contributed by atoms with van der Waals surface area (Å²) in [4.78, 5) is 21.4. The minimum atomic E-state index is -4.33. The highest BCUT2D eigenvalue weighted by atomic mass is 32.2. The molecule has 0 bridgehead atoms. The molecular formula is C28H33FN4O6S. The Bertz CT molecular complexity index is 1440. The van der Waals surface area contributed by atoms with Crippen molar-refractivity contribution in [2.75, 3.05) is 25.6 Å². The predicted octanol–water partition coefficient (Wildman–Crippen LogP) is 4.36. The van der Waals surface area contributed by atoms with Crippen molar-refractivity contribution >= 4 is 21.7 Å². The molecule has 12 heteroatoms. The summed E-state index contributed by atoms with van der Waals surface area (Å²) in [6, 6.07) is 11.1. The summed E-state index contributed by atoms with van der Waals surface area (Å²) in [5, 5.41) is -0.406. The Morgan fingerprint density at radius 2 is 1.98 bits per heavy atom. The molecular weight excluding hydrogens is 539 g/mol. The molecule has 1 aliphatic heterocycles. The van der Waals surface area contributed by atoms with Gasteiger partial charge in [0.15, 0.2) is 5.03 Å². The normalized spacial score (nSPS) is 15.6. The maximum Gasteiger partial charge on any atom is 0.281 e. The van der Waals surface area contributed by atoms with Crippen molar-refractivity contribution in [1.29, 1.82) is 0 Å². The number of nitrogens with zero attached hydrogens (tertiary/aromatic N) is 2. The van der Waals surface area contributed by atoms with Gasteiger partial charge < -0.3 is 19.9 Å². The second-order valence-electron chi connectivity index (χ2n) is 9.89. The van der Waals surface area contributed by atoms with Crippen LogP contribution in [0.15, 0.2) is 53.6 Å². The van der Waals surface area contributed by atoms with Gasteiger partial charge in [-0.15, -0.1) is 0 Å². The first-order chi connectivity index (χ1) is 19.1. The van der Waals surface area contributed by atoms with Crippen LogP contribution >= 0.6 is 0 Å². The lowest BCUT2D eigenvalue weighted by Crippen LogP contribution is -2.32. The van der Waals surface area contributed by atoms with Crippen molar-refractivity contribution in [1.82, 2.24) is 14.7 Å². The van der Waals surface area contributed by atoms with Crippen molar-refractivity contribution in [2.45, 2.75) is 50.7 Å². The van der Waals surface area contributed by atoms with Crippen LogP contribution in [0.4, 0.5) is 10.2 Å². The summed E-state index contributed by atoms with van der Waals surface area (Å²) in [6.07, 6.45) is 3.55. The number of benzene rings is 1. The fraction of sp³-hybridized carbons (Fsp3) is 0.393. The number of pyridine rings is 2.